The fourth-order valence-corrected chi connectivity index (χ4v) is 12.1. The summed E-state index contributed by atoms with van der Waals surface area (Å²) in [5, 5.41) is 12.1. The molecular formula is C36H49NO2. The number of allylic oxidation sites excluding steroid dienone is 2. The molecule has 9 atom stereocenters. The zero-order valence-electron chi connectivity index (χ0n) is 25.3. The molecule has 3 heteroatoms. The lowest BCUT2D eigenvalue weighted by molar-refractivity contribution is -0.179. The molecule has 2 aromatic rings. The maximum Gasteiger partial charge on any atom is 0.310 e. The number of benzene rings is 1. The third kappa shape index (κ3) is 2.93. The van der Waals surface area contributed by atoms with Crippen molar-refractivity contribution in [2.45, 2.75) is 105 Å². The number of nitrogens with one attached hydrogen (secondary N) is 1. The van der Waals surface area contributed by atoms with E-state index in [0.29, 0.717) is 23.7 Å². The Labute approximate surface area is 235 Å². The summed E-state index contributed by atoms with van der Waals surface area (Å²) in [5.74, 6) is 1.91. The van der Waals surface area contributed by atoms with Crippen LogP contribution in [0.2, 0.25) is 0 Å². The first-order chi connectivity index (χ1) is 18.3. The Morgan fingerprint density at radius 2 is 1.69 bits per heavy atom. The summed E-state index contributed by atoms with van der Waals surface area (Å²) in [4.78, 5) is 16.9. The van der Waals surface area contributed by atoms with Crippen molar-refractivity contribution in [3.05, 3.63) is 47.2 Å². The Balaban J connectivity index is 1.37. The second-order valence-electron chi connectivity index (χ2n) is 16.0. The predicted molar refractivity (Wildman–Crippen MR) is 159 cm³/mol. The summed E-state index contributed by atoms with van der Waals surface area (Å²) in [6.07, 6.45) is 11.2. The SMILES string of the molecule is C[C@H]1[C@H](C)CC[C@]2(C(=O)O)CC[C@]3(C)C(=CC[C@@H]4[C@@]5(C)Cc6c([nH]c7ccccc67)C(C)(C)[C@@H]5CC[C@]43C)[C@H]12. The number of para-hydroxylation sites is 1. The topological polar surface area (TPSA) is 53.1 Å². The summed E-state index contributed by atoms with van der Waals surface area (Å²) in [6.45, 7) is 17.6. The van der Waals surface area contributed by atoms with Crippen LogP contribution >= 0.6 is 0 Å². The maximum atomic E-state index is 13.0. The molecule has 0 unspecified atom stereocenters. The quantitative estimate of drug-likeness (QED) is 0.364. The van der Waals surface area contributed by atoms with Gasteiger partial charge in [0.05, 0.1) is 5.41 Å². The van der Waals surface area contributed by atoms with Crippen LogP contribution < -0.4 is 0 Å². The predicted octanol–water partition coefficient (Wildman–Crippen LogP) is 8.92. The molecule has 2 N–H and O–H groups in total. The van der Waals surface area contributed by atoms with Gasteiger partial charge < -0.3 is 10.1 Å². The van der Waals surface area contributed by atoms with E-state index in [0.717, 1.165) is 38.5 Å². The molecule has 1 heterocycles. The van der Waals surface area contributed by atoms with E-state index in [4.69, 9.17) is 0 Å². The molecule has 1 aromatic carbocycles. The monoisotopic (exact) mass is 527 g/mol. The van der Waals surface area contributed by atoms with E-state index in [1.54, 1.807) is 11.1 Å². The highest BCUT2D eigenvalue weighted by molar-refractivity contribution is 5.85. The van der Waals surface area contributed by atoms with Gasteiger partial charge in [-0.1, -0.05) is 78.3 Å². The lowest BCUT2D eigenvalue weighted by atomic mass is 9.33. The molecule has 210 valence electrons. The standard InChI is InChI=1S/C36H49NO2/c1-21-14-17-36(31(38)39)19-18-34(6)25(29(36)22(21)2)12-13-28-33(5)20-24-23-10-8-9-11-26(23)37-30(24)32(3,4)27(33)15-16-35(28,34)7/h8-12,21-22,27-29,37H,13-20H2,1-7H3,(H,38,39)/t21-,22+,27+,28-,29+,33+,34-,35-,36+/m1/s1. The first-order valence-corrected chi connectivity index (χ1v) is 15.9. The van der Waals surface area contributed by atoms with Crippen molar-refractivity contribution in [2.75, 3.05) is 0 Å². The number of hydrogen-bond donors (Lipinski definition) is 2. The number of carboxylic acid groups (broad SMARTS) is 1. The number of fused-ring (bicyclic) bond motifs is 10. The molecule has 5 aliphatic carbocycles. The van der Waals surface area contributed by atoms with E-state index < -0.39 is 11.4 Å². The molecular weight excluding hydrogens is 478 g/mol. The molecule has 0 spiro atoms. The van der Waals surface area contributed by atoms with Gasteiger partial charge in [-0.25, -0.2) is 0 Å². The van der Waals surface area contributed by atoms with Crippen molar-refractivity contribution in [1.29, 1.82) is 0 Å². The van der Waals surface area contributed by atoms with Crippen LogP contribution in [-0.4, -0.2) is 16.1 Å². The van der Waals surface area contributed by atoms with E-state index in [1.165, 1.54) is 29.4 Å². The Kier molecular flexibility index (Phi) is 5.20. The Bertz CT molecular complexity index is 1400. The van der Waals surface area contributed by atoms with Crippen LogP contribution in [0.15, 0.2) is 35.9 Å². The largest absolute Gasteiger partial charge is 0.481 e. The Hall–Kier alpha value is -2.03. The lowest BCUT2D eigenvalue weighted by Crippen LogP contribution is -2.65. The number of aromatic nitrogens is 1. The van der Waals surface area contributed by atoms with Crippen LogP contribution in [0.3, 0.4) is 0 Å². The summed E-state index contributed by atoms with van der Waals surface area (Å²) >= 11 is 0. The van der Waals surface area contributed by atoms with E-state index in [2.05, 4.69) is 83.8 Å². The highest BCUT2D eigenvalue weighted by atomic mass is 16.4. The molecule has 7 rings (SSSR count). The minimum absolute atomic E-state index is 0.0729. The minimum Gasteiger partial charge on any atom is -0.481 e. The average molecular weight is 528 g/mol. The summed E-state index contributed by atoms with van der Waals surface area (Å²) < 4.78 is 0. The number of rotatable bonds is 1. The smallest absolute Gasteiger partial charge is 0.310 e. The first kappa shape index (κ1) is 25.9. The van der Waals surface area contributed by atoms with Gasteiger partial charge in [0.1, 0.15) is 0 Å². The van der Waals surface area contributed by atoms with Gasteiger partial charge >= 0.3 is 5.97 Å². The van der Waals surface area contributed by atoms with E-state index in [-0.39, 0.29) is 27.6 Å². The molecule has 3 saturated carbocycles. The third-order valence-corrected chi connectivity index (χ3v) is 14.6. The van der Waals surface area contributed by atoms with Crippen LogP contribution in [-0.2, 0) is 16.6 Å². The van der Waals surface area contributed by atoms with Gasteiger partial charge in [-0.3, -0.25) is 4.79 Å². The van der Waals surface area contributed by atoms with Gasteiger partial charge in [0, 0.05) is 22.0 Å². The number of aliphatic carboxylic acids is 1. The fraction of sp³-hybridized carbons (Fsp3) is 0.694. The second kappa shape index (κ2) is 7.83. The highest BCUT2D eigenvalue weighted by Crippen LogP contribution is 2.75. The van der Waals surface area contributed by atoms with Crippen molar-refractivity contribution in [3.63, 3.8) is 0 Å². The van der Waals surface area contributed by atoms with Crippen molar-refractivity contribution in [1.82, 2.24) is 4.98 Å². The Morgan fingerprint density at radius 3 is 2.44 bits per heavy atom. The summed E-state index contributed by atoms with van der Waals surface area (Å²) in [7, 11) is 0. The van der Waals surface area contributed by atoms with Gasteiger partial charge in [-0.2, -0.15) is 0 Å². The number of hydrogen-bond acceptors (Lipinski definition) is 1. The van der Waals surface area contributed by atoms with Crippen LogP contribution in [0, 0.1) is 51.2 Å². The molecule has 3 fully saturated rings. The van der Waals surface area contributed by atoms with Crippen LogP contribution in [0.4, 0.5) is 0 Å². The number of carbonyl (C=O) groups is 1. The average Bonchev–Trinajstić information content (AvgIpc) is 3.25. The highest BCUT2D eigenvalue weighted by Gasteiger charge is 2.69. The normalized spacial score (nSPS) is 46.2. The zero-order valence-corrected chi connectivity index (χ0v) is 25.3. The van der Waals surface area contributed by atoms with Crippen molar-refractivity contribution >= 4 is 16.9 Å². The lowest BCUT2D eigenvalue weighted by Gasteiger charge is -2.70. The van der Waals surface area contributed by atoms with E-state index in [1.807, 2.05) is 0 Å². The third-order valence-electron chi connectivity index (χ3n) is 14.6. The molecule has 0 amide bonds. The molecule has 0 radical (unpaired) electrons. The molecule has 1 aromatic heterocycles. The molecule has 0 aliphatic heterocycles. The molecule has 5 aliphatic rings. The summed E-state index contributed by atoms with van der Waals surface area (Å²) in [5.41, 5.74) is 5.88. The number of aromatic amines is 1. The van der Waals surface area contributed by atoms with Crippen molar-refractivity contribution < 1.29 is 9.90 Å². The van der Waals surface area contributed by atoms with E-state index >= 15 is 0 Å². The van der Waals surface area contributed by atoms with Crippen LogP contribution in [0.1, 0.15) is 105 Å². The number of carboxylic acids is 1. The Morgan fingerprint density at radius 1 is 0.949 bits per heavy atom. The van der Waals surface area contributed by atoms with Gasteiger partial charge in [-0.15, -0.1) is 0 Å². The van der Waals surface area contributed by atoms with Gasteiger partial charge in [0.15, 0.2) is 0 Å². The van der Waals surface area contributed by atoms with Crippen LogP contribution in [0.5, 0.6) is 0 Å². The van der Waals surface area contributed by atoms with Gasteiger partial charge in [0.25, 0.3) is 0 Å². The number of H-pyrrole nitrogens is 1. The van der Waals surface area contributed by atoms with Crippen molar-refractivity contribution in [3.8, 4) is 0 Å². The second-order valence-corrected chi connectivity index (χ2v) is 16.0. The maximum absolute atomic E-state index is 13.0. The minimum atomic E-state index is -0.562. The summed E-state index contributed by atoms with van der Waals surface area (Å²) in [6, 6.07) is 8.93. The fourth-order valence-electron chi connectivity index (χ4n) is 12.1. The van der Waals surface area contributed by atoms with Crippen molar-refractivity contribution in [2.24, 2.45) is 51.2 Å². The zero-order chi connectivity index (χ0) is 27.8. The molecule has 39 heavy (non-hydrogen) atoms. The molecule has 3 nitrogen and oxygen atoms in total. The molecule has 0 saturated heterocycles. The van der Waals surface area contributed by atoms with Gasteiger partial charge in [-0.05, 0) is 109 Å². The van der Waals surface area contributed by atoms with Gasteiger partial charge in [0.2, 0.25) is 0 Å². The van der Waals surface area contributed by atoms with Crippen LogP contribution in [0.25, 0.3) is 10.9 Å². The first-order valence-electron chi connectivity index (χ1n) is 15.9. The van der Waals surface area contributed by atoms with E-state index in [9.17, 15) is 9.90 Å². The molecule has 0 bridgehead atoms.